The highest BCUT2D eigenvalue weighted by Crippen LogP contribution is 2.33. The Labute approximate surface area is 177 Å². The molecule has 0 amide bonds. The summed E-state index contributed by atoms with van der Waals surface area (Å²) in [6, 6.07) is 20.3. The summed E-state index contributed by atoms with van der Waals surface area (Å²) in [6.45, 7) is 0. The molecule has 2 aromatic carbocycles. The van der Waals surface area contributed by atoms with Crippen molar-refractivity contribution in [2.45, 2.75) is 43.4 Å². The summed E-state index contributed by atoms with van der Waals surface area (Å²) in [6.07, 6.45) is 8.90. The van der Waals surface area contributed by atoms with Crippen molar-refractivity contribution in [1.82, 2.24) is 8.96 Å². The molecule has 0 saturated carbocycles. The first-order valence-electron chi connectivity index (χ1n) is 10.5. The largest absolute Gasteiger partial charge is 0.268 e. The average Bonchev–Trinajstić information content (AvgIpc) is 3.15. The highest BCUT2D eigenvalue weighted by atomic mass is 32.2. The van der Waals surface area contributed by atoms with Crippen LogP contribution in [0.5, 0.6) is 0 Å². The normalized spacial score (nSPS) is 14.8. The molecule has 0 fully saturated rings. The molecule has 0 unspecified atom stereocenters. The van der Waals surface area contributed by atoms with Gasteiger partial charge in [0.15, 0.2) is 0 Å². The van der Waals surface area contributed by atoms with Crippen molar-refractivity contribution in [3.05, 3.63) is 84.1 Å². The van der Waals surface area contributed by atoms with Gasteiger partial charge in [-0.3, -0.25) is 4.98 Å². The maximum Gasteiger partial charge on any atom is 0.268 e. The Bertz CT molecular complexity index is 1310. The number of para-hydroxylation sites is 1. The number of rotatable bonds is 3. The molecule has 0 atom stereocenters. The van der Waals surface area contributed by atoms with Gasteiger partial charge in [0.25, 0.3) is 10.0 Å². The van der Waals surface area contributed by atoms with Crippen LogP contribution in [0, 0.1) is 0 Å². The second kappa shape index (κ2) is 7.73. The third kappa shape index (κ3) is 3.33. The number of pyridine rings is 1. The molecular formula is C25H24N2O2S. The van der Waals surface area contributed by atoms with Crippen molar-refractivity contribution in [3.63, 3.8) is 0 Å². The Kier molecular flexibility index (Phi) is 4.91. The number of hydrogen-bond acceptors (Lipinski definition) is 3. The lowest BCUT2D eigenvalue weighted by molar-refractivity contribution is 0.589. The average molecular weight is 417 g/mol. The van der Waals surface area contributed by atoms with Gasteiger partial charge < -0.3 is 0 Å². The van der Waals surface area contributed by atoms with Crippen LogP contribution in [0.4, 0.5) is 0 Å². The number of hydrogen-bond donors (Lipinski definition) is 0. The lowest BCUT2D eigenvalue weighted by atomic mass is 9.94. The second-order valence-electron chi connectivity index (χ2n) is 7.92. The summed E-state index contributed by atoms with van der Waals surface area (Å²) < 4.78 is 28.7. The molecule has 4 nitrogen and oxygen atoms in total. The zero-order chi connectivity index (χ0) is 20.6. The predicted octanol–water partition coefficient (Wildman–Crippen LogP) is 5.60. The van der Waals surface area contributed by atoms with E-state index in [4.69, 9.17) is 4.98 Å². The van der Waals surface area contributed by atoms with Crippen molar-refractivity contribution < 1.29 is 8.42 Å². The van der Waals surface area contributed by atoms with Crippen LogP contribution in [0.15, 0.2) is 77.8 Å². The van der Waals surface area contributed by atoms with Crippen molar-refractivity contribution in [1.29, 1.82) is 0 Å². The fourth-order valence-corrected chi connectivity index (χ4v) is 5.92. The van der Waals surface area contributed by atoms with Crippen LogP contribution in [0.25, 0.3) is 22.3 Å². The molecule has 0 saturated heterocycles. The van der Waals surface area contributed by atoms with E-state index in [0.29, 0.717) is 16.9 Å². The summed E-state index contributed by atoms with van der Waals surface area (Å²) in [5.41, 5.74) is 4.60. The van der Waals surface area contributed by atoms with E-state index in [1.54, 1.807) is 24.3 Å². The Hall–Kier alpha value is -2.92. The molecule has 2 aromatic heterocycles. The Morgan fingerprint density at radius 2 is 1.47 bits per heavy atom. The van der Waals surface area contributed by atoms with E-state index in [2.05, 4.69) is 6.07 Å². The van der Waals surface area contributed by atoms with Crippen LogP contribution in [0.3, 0.4) is 0 Å². The van der Waals surface area contributed by atoms with Crippen LogP contribution in [-0.2, 0) is 22.9 Å². The van der Waals surface area contributed by atoms with Crippen molar-refractivity contribution in [3.8, 4) is 11.4 Å². The first kappa shape index (κ1) is 19.1. The monoisotopic (exact) mass is 416 g/mol. The van der Waals surface area contributed by atoms with Gasteiger partial charge in [0.05, 0.1) is 21.8 Å². The molecule has 4 aromatic rings. The van der Waals surface area contributed by atoms with Crippen LogP contribution in [-0.4, -0.2) is 17.4 Å². The molecule has 30 heavy (non-hydrogen) atoms. The minimum absolute atomic E-state index is 0.277. The van der Waals surface area contributed by atoms with Crippen molar-refractivity contribution in [2.75, 3.05) is 0 Å². The van der Waals surface area contributed by atoms with Gasteiger partial charge in [-0.2, -0.15) is 0 Å². The van der Waals surface area contributed by atoms with Gasteiger partial charge in [0.2, 0.25) is 0 Å². The summed E-state index contributed by atoms with van der Waals surface area (Å²) in [5, 5.41) is 0.889. The Balaban J connectivity index is 1.73. The van der Waals surface area contributed by atoms with E-state index >= 15 is 0 Å². The molecule has 0 bridgehead atoms. The van der Waals surface area contributed by atoms with Crippen LogP contribution >= 0.6 is 0 Å². The van der Waals surface area contributed by atoms with Crippen LogP contribution < -0.4 is 0 Å². The maximum atomic E-state index is 13.6. The van der Waals surface area contributed by atoms with Gasteiger partial charge in [-0.15, -0.1) is 0 Å². The molecule has 0 radical (unpaired) electrons. The van der Waals surface area contributed by atoms with Gasteiger partial charge in [-0.25, -0.2) is 12.4 Å². The van der Waals surface area contributed by atoms with Crippen LogP contribution in [0.1, 0.15) is 36.8 Å². The molecule has 1 aliphatic rings. The summed E-state index contributed by atoms with van der Waals surface area (Å²) >= 11 is 0. The van der Waals surface area contributed by atoms with Crippen molar-refractivity contribution in [2.24, 2.45) is 0 Å². The van der Waals surface area contributed by atoms with E-state index < -0.39 is 10.0 Å². The number of aryl methyl sites for hydroxylation is 2. The van der Waals surface area contributed by atoms with Crippen LogP contribution in [0.2, 0.25) is 0 Å². The molecule has 5 heteroatoms. The first-order valence-corrected chi connectivity index (χ1v) is 12.0. The number of nitrogens with zero attached hydrogens (tertiary/aromatic N) is 2. The lowest BCUT2D eigenvalue weighted by Crippen LogP contribution is -2.14. The SMILES string of the molecule is O=S(=O)(c1ccccc1)n1c(-c2cc3c(cn2)CCCCCC3)cc2ccccc21. The minimum atomic E-state index is -3.76. The predicted molar refractivity (Wildman–Crippen MR) is 120 cm³/mol. The first-order chi connectivity index (χ1) is 14.6. The van der Waals surface area contributed by atoms with E-state index in [1.807, 2.05) is 42.6 Å². The maximum absolute atomic E-state index is 13.6. The van der Waals surface area contributed by atoms with E-state index in [9.17, 15) is 8.42 Å². The topological polar surface area (TPSA) is 52.0 Å². The molecule has 0 N–H and O–H groups in total. The molecule has 5 rings (SSSR count). The Morgan fingerprint density at radius 1 is 0.767 bits per heavy atom. The fourth-order valence-electron chi connectivity index (χ4n) is 4.37. The van der Waals surface area contributed by atoms with Gasteiger partial charge in [-0.1, -0.05) is 49.2 Å². The van der Waals surface area contributed by atoms with E-state index in [-0.39, 0.29) is 4.90 Å². The molecule has 0 spiro atoms. The number of fused-ring (bicyclic) bond motifs is 2. The third-order valence-electron chi connectivity index (χ3n) is 5.94. The number of aromatic nitrogens is 2. The fraction of sp³-hybridized carbons (Fsp3) is 0.240. The molecular weight excluding hydrogens is 392 g/mol. The van der Waals surface area contributed by atoms with Gasteiger partial charge in [0.1, 0.15) is 0 Å². The molecule has 0 aliphatic heterocycles. The van der Waals surface area contributed by atoms with Gasteiger partial charge in [0, 0.05) is 11.6 Å². The summed E-state index contributed by atoms with van der Waals surface area (Å²) in [7, 11) is -3.76. The minimum Gasteiger partial charge on any atom is -0.254 e. The molecule has 1 aliphatic carbocycles. The molecule has 152 valence electrons. The lowest BCUT2D eigenvalue weighted by Gasteiger charge is -2.16. The van der Waals surface area contributed by atoms with Crippen molar-refractivity contribution >= 4 is 20.9 Å². The summed E-state index contributed by atoms with van der Waals surface area (Å²) in [4.78, 5) is 4.99. The molecule has 2 heterocycles. The third-order valence-corrected chi connectivity index (χ3v) is 7.68. The van der Waals surface area contributed by atoms with Gasteiger partial charge >= 0.3 is 0 Å². The zero-order valence-electron chi connectivity index (χ0n) is 16.8. The number of benzene rings is 2. The van der Waals surface area contributed by atoms with Gasteiger partial charge in [-0.05, 0) is 67.1 Å². The zero-order valence-corrected chi connectivity index (χ0v) is 17.6. The summed E-state index contributed by atoms with van der Waals surface area (Å²) in [5.74, 6) is 0. The highest BCUT2D eigenvalue weighted by molar-refractivity contribution is 7.90. The van der Waals surface area contributed by atoms with E-state index in [0.717, 1.165) is 18.2 Å². The second-order valence-corrected chi connectivity index (χ2v) is 9.71. The quantitative estimate of drug-likeness (QED) is 0.437. The smallest absolute Gasteiger partial charge is 0.254 e. The Morgan fingerprint density at radius 3 is 2.27 bits per heavy atom. The standard InChI is InChI=1S/C25H24N2O2S/c28-30(29,22-13-6-3-7-14-22)27-24-15-9-8-11-20(24)17-25(27)23-16-19-10-4-1-2-5-12-21(19)18-26-23/h3,6-9,11,13-18H,1-2,4-5,10,12H2. The van der Waals surface area contributed by atoms with E-state index in [1.165, 1.54) is 40.8 Å². The highest BCUT2D eigenvalue weighted by Gasteiger charge is 2.24.